The Labute approximate surface area is 106 Å². The predicted octanol–water partition coefficient (Wildman–Crippen LogP) is 3.29. The van der Waals surface area contributed by atoms with Gasteiger partial charge in [0, 0.05) is 11.1 Å². The summed E-state index contributed by atoms with van der Waals surface area (Å²) in [5, 5.41) is 10.1. The smallest absolute Gasteiger partial charge is 0.115 e. The van der Waals surface area contributed by atoms with E-state index >= 15 is 0 Å². The highest BCUT2D eigenvalue weighted by atomic mass is 35.5. The second-order valence-electron chi connectivity index (χ2n) is 4.04. The molecule has 0 saturated heterocycles. The minimum absolute atomic E-state index is 0.115. The molecule has 3 heteroatoms. The molecule has 3 N–H and O–H groups in total. The van der Waals surface area contributed by atoms with Crippen LogP contribution in [0.25, 0.3) is 0 Å². The lowest BCUT2D eigenvalue weighted by molar-refractivity contribution is 0.474. The van der Waals surface area contributed by atoms with Gasteiger partial charge < -0.3 is 10.8 Å². The molecule has 2 aromatic carbocycles. The maximum Gasteiger partial charge on any atom is 0.115 e. The number of rotatable bonds is 3. The monoisotopic (exact) mass is 247 g/mol. The van der Waals surface area contributed by atoms with E-state index < -0.39 is 0 Å². The maximum absolute atomic E-state index is 9.38. The van der Waals surface area contributed by atoms with Crippen LogP contribution in [0.4, 0.5) is 0 Å². The molecule has 0 fully saturated rings. The van der Waals surface area contributed by atoms with Crippen LogP contribution in [0.1, 0.15) is 17.2 Å². The first kappa shape index (κ1) is 12.0. The molecular weight excluding hydrogens is 234 g/mol. The van der Waals surface area contributed by atoms with Crippen LogP contribution in [0.2, 0.25) is 5.02 Å². The summed E-state index contributed by atoms with van der Waals surface area (Å²) in [5.41, 5.74) is 8.12. The van der Waals surface area contributed by atoms with E-state index in [9.17, 15) is 5.11 Å². The number of nitrogens with two attached hydrogens (primary N) is 1. The SMILES string of the molecule is NC(Cc1cccc(O)c1)c1cccc(Cl)c1. The van der Waals surface area contributed by atoms with Crippen LogP contribution in [0.5, 0.6) is 5.75 Å². The summed E-state index contributed by atoms with van der Waals surface area (Å²) in [6, 6.07) is 14.6. The highest BCUT2D eigenvalue weighted by Gasteiger charge is 2.07. The summed E-state index contributed by atoms with van der Waals surface area (Å²) >= 11 is 5.92. The lowest BCUT2D eigenvalue weighted by Crippen LogP contribution is -2.13. The quantitative estimate of drug-likeness (QED) is 0.874. The van der Waals surface area contributed by atoms with Crippen molar-refractivity contribution in [3.8, 4) is 5.75 Å². The third-order valence-corrected chi connectivity index (χ3v) is 2.88. The van der Waals surface area contributed by atoms with Gasteiger partial charge in [0.1, 0.15) is 5.75 Å². The average molecular weight is 248 g/mol. The van der Waals surface area contributed by atoms with E-state index in [-0.39, 0.29) is 11.8 Å². The molecule has 0 aromatic heterocycles. The molecule has 1 atom stereocenters. The van der Waals surface area contributed by atoms with Gasteiger partial charge in [-0.1, -0.05) is 35.9 Å². The topological polar surface area (TPSA) is 46.2 Å². The molecule has 0 aliphatic rings. The van der Waals surface area contributed by atoms with Crippen LogP contribution in [0.15, 0.2) is 48.5 Å². The summed E-state index contributed by atoms with van der Waals surface area (Å²) in [5.74, 6) is 0.265. The molecule has 0 bridgehead atoms. The molecular formula is C14H14ClNO. The van der Waals surface area contributed by atoms with Gasteiger partial charge in [0.25, 0.3) is 0 Å². The summed E-state index contributed by atoms with van der Waals surface area (Å²) in [6.45, 7) is 0. The molecule has 0 amide bonds. The molecule has 0 saturated carbocycles. The highest BCUT2D eigenvalue weighted by molar-refractivity contribution is 6.30. The summed E-state index contributed by atoms with van der Waals surface area (Å²) in [7, 11) is 0. The van der Waals surface area contributed by atoms with Gasteiger partial charge in [0.2, 0.25) is 0 Å². The zero-order valence-corrected chi connectivity index (χ0v) is 10.1. The molecule has 0 spiro atoms. The van der Waals surface area contributed by atoms with Gasteiger partial charge in [0.05, 0.1) is 0 Å². The van der Waals surface area contributed by atoms with E-state index in [2.05, 4.69) is 0 Å². The summed E-state index contributed by atoms with van der Waals surface area (Å²) in [4.78, 5) is 0. The van der Waals surface area contributed by atoms with Crippen LogP contribution >= 0.6 is 11.6 Å². The van der Waals surface area contributed by atoms with E-state index in [1.54, 1.807) is 12.1 Å². The zero-order chi connectivity index (χ0) is 12.3. The Hall–Kier alpha value is -1.51. The van der Waals surface area contributed by atoms with Gasteiger partial charge in [0.15, 0.2) is 0 Å². The molecule has 2 aromatic rings. The van der Waals surface area contributed by atoms with Gasteiger partial charge in [-0.15, -0.1) is 0 Å². The number of halogens is 1. The first-order chi connectivity index (χ1) is 8.15. The minimum atomic E-state index is -0.115. The Bertz CT molecular complexity index is 513. The Balaban J connectivity index is 2.14. The molecule has 2 rings (SSSR count). The molecule has 88 valence electrons. The number of hydrogen-bond donors (Lipinski definition) is 2. The second-order valence-corrected chi connectivity index (χ2v) is 4.47. The van der Waals surface area contributed by atoms with E-state index in [1.165, 1.54) is 0 Å². The number of benzene rings is 2. The van der Waals surface area contributed by atoms with Gasteiger partial charge in [-0.2, -0.15) is 0 Å². The van der Waals surface area contributed by atoms with Crippen molar-refractivity contribution >= 4 is 11.6 Å². The first-order valence-electron chi connectivity index (χ1n) is 5.44. The largest absolute Gasteiger partial charge is 0.508 e. The molecule has 0 aliphatic heterocycles. The van der Waals surface area contributed by atoms with Crippen molar-refractivity contribution in [1.29, 1.82) is 0 Å². The number of hydrogen-bond acceptors (Lipinski definition) is 2. The second kappa shape index (κ2) is 5.21. The fourth-order valence-electron chi connectivity index (χ4n) is 1.79. The van der Waals surface area contributed by atoms with Crippen LogP contribution in [0.3, 0.4) is 0 Å². The molecule has 17 heavy (non-hydrogen) atoms. The van der Waals surface area contributed by atoms with Gasteiger partial charge >= 0.3 is 0 Å². The van der Waals surface area contributed by atoms with Crippen molar-refractivity contribution in [2.24, 2.45) is 5.73 Å². The third-order valence-electron chi connectivity index (χ3n) is 2.64. The van der Waals surface area contributed by atoms with E-state index in [4.69, 9.17) is 17.3 Å². The maximum atomic E-state index is 9.38. The van der Waals surface area contributed by atoms with E-state index in [0.717, 1.165) is 11.1 Å². The lowest BCUT2D eigenvalue weighted by atomic mass is 10.00. The molecule has 2 nitrogen and oxygen atoms in total. The number of phenols is 1. The van der Waals surface area contributed by atoms with Gasteiger partial charge in [-0.3, -0.25) is 0 Å². The minimum Gasteiger partial charge on any atom is -0.508 e. The normalized spacial score (nSPS) is 12.4. The van der Waals surface area contributed by atoms with Crippen molar-refractivity contribution in [1.82, 2.24) is 0 Å². The van der Waals surface area contributed by atoms with Crippen molar-refractivity contribution < 1.29 is 5.11 Å². The Morgan fingerprint density at radius 1 is 1.12 bits per heavy atom. The van der Waals surface area contributed by atoms with Crippen LogP contribution < -0.4 is 5.73 Å². The average Bonchev–Trinajstić information content (AvgIpc) is 2.29. The zero-order valence-electron chi connectivity index (χ0n) is 9.31. The van der Waals surface area contributed by atoms with Gasteiger partial charge in [-0.05, 0) is 41.8 Å². The van der Waals surface area contributed by atoms with Crippen LogP contribution in [0, 0.1) is 0 Å². The Morgan fingerprint density at radius 3 is 2.59 bits per heavy atom. The first-order valence-corrected chi connectivity index (χ1v) is 5.82. The van der Waals surface area contributed by atoms with Crippen molar-refractivity contribution in [3.63, 3.8) is 0 Å². The molecule has 0 radical (unpaired) electrons. The molecule has 1 unspecified atom stereocenters. The van der Waals surface area contributed by atoms with Crippen molar-refractivity contribution in [3.05, 3.63) is 64.7 Å². The summed E-state index contributed by atoms with van der Waals surface area (Å²) < 4.78 is 0. The Kier molecular flexibility index (Phi) is 3.67. The number of aromatic hydroxyl groups is 1. The van der Waals surface area contributed by atoms with Crippen molar-refractivity contribution in [2.75, 3.05) is 0 Å². The summed E-state index contributed by atoms with van der Waals surface area (Å²) in [6.07, 6.45) is 0.675. The van der Waals surface area contributed by atoms with E-state index in [0.29, 0.717) is 11.4 Å². The predicted molar refractivity (Wildman–Crippen MR) is 70.2 cm³/mol. The van der Waals surface area contributed by atoms with E-state index in [1.807, 2.05) is 36.4 Å². The fraction of sp³-hybridized carbons (Fsp3) is 0.143. The standard InChI is InChI=1S/C14H14ClNO/c15-12-5-2-4-11(9-12)14(16)8-10-3-1-6-13(17)7-10/h1-7,9,14,17H,8,16H2. The molecule has 0 aliphatic carbocycles. The van der Waals surface area contributed by atoms with Crippen LogP contribution in [-0.2, 0) is 6.42 Å². The Morgan fingerprint density at radius 2 is 1.88 bits per heavy atom. The fourth-order valence-corrected chi connectivity index (χ4v) is 1.99. The highest BCUT2D eigenvalue weighted by Crippen LogP contribution is 2.21. The third kappa shape index (κ3) is 3.22. The number of phenolic OH excluding ortho intramolecular Hbond substituents is 1. The van der Waals surface area contributed by atoms with Crippen LogP contribution in [-0.4, -0.2) is 5.11 Å². The molecule has 0 heterocycles. The van der Waals surface area contributed by atoms with Gasteiger partial charge in [-0.25, -0.2) is 0 Å². The van der Waals surface area contributed by atoms with Crippen molar-refractivity contribution in [2.45, 2.75) is 12.5 Å². The lowest BCUT2D eigenvalue weighted by Gasteiger charge is -2.12.